The largest absolute Gasteiger partial charge is 0.496 e. The molecule has 5 nitrogen and oxygen atoms in total. The molecule has 0 saturated carbocycles. The van der Waals surface area contributed by atoms with Crippen molar-refractivity contribution >= 4 is 5.97 Å². The Morgan fingerprint density at radius 2 is 1.84 bits per heavy atom. The van der Waals surface area contributed by atoms with Gasteiger partial charge in [-0.25, -0.2) is 4.79 Å². The van der Waals surface area contributed by atoms with Crippen molar-refractivity contribution in [2.45, 2.75) is 26.4 Å². The molecule has 0 radical (unpaired) electrons. The van der Waals surface area contributed by atoms with Gasteiger partial charge < -0.3 is 19.7 Å². The van der Waals surface area contributed by atoms with E-state index in [4.69, 9.17) is 9.47 Å². The SMILES string of the molecule is COc1ccc(C(O)(C(=O)O)C(C)C)c(OC)c1C. The Morgan fingerprint density at radius 3 is 2.21 bits per heavy atom. The number of rotatable bonds is 5. The summed E-state index contributed by atoms with van der Waals surface area (Å²) in [5, 5.41) is 19.9. The lowest BCUT2D eigenvalue weighted by atomic mass is 9.82. The maximum absolute atomic E-state index is 11.5. The van der Waals surface area contributed by atoms with Crippen LogP contribution in [-0.4, -0.2) is 30.4 Å². The van der Waals surface area contributed by atoms with E-state index in [0.717, 1.165) is 0 Å². The van der Waals surface area contributed by atoms with E-state index in [2.05, 4.69) is 0 Å². The van der Waals surface area contributed by atoms with Crippen LogP contribution >= 0.6 is 0 Å². The minimum atomic E-state index is -2.00. The molecule has 0 aliphatic carbocycles. The molecule has 1 rings (SSSR count). The number of hydrogen-bond acceptors (Lipinski definition) is 4. The van der Waals surface area contributed by atoms with E-state index < -0.39 is 17.5 Å². The van der Waals surface area contributed by atoms with Crippen LogP contribution in [-0.2, 0) is 10.4 Å². The number of methoxy groups -OCH3 is 2. The van der Waals surface area contributed by atoms with E-state index in [0.29, 0.717) is 17.1 Å². The number of carbonyl (C=O) groups is 1. The number of carboxylic acid groups (broad SMARTS) is 1. The molecule has 0 spiro atoms. The zero-order chi connectivity index (χ0) is 14.8. The van der Waals surface area contributed by atoms with Crippen LogP contribution in [0.25, 0.3) is 0 Å². The molecule has 2 N–H and O–H groups in total. The van der Waals surface area contributed by atoms with E-state index >= 15 is 0 Å². The number of aliphatic carboxylic acids is 1. The lowest BCUT2D eigenvalue weighted by Crippen LogP contribution is -2.41. The van der Waals surface area contributed by atoms with Gasteiger partial charge in [0.1, 0.15) is 11.5 Å². The van der Waals surface area contributed by atoms with Gasteiger partial charge in [-0.2, -0.15) is 0 Å². The first-order valence-corrected chi connectivity index (χ1v) is 5.98. The van der Waals surface area contributed by atoms with Crippen LogP contribution in [0.1, 0.15) is 25.0 Å². The van der Waals surface area contributed by atoms with Crippen LogP contribution in [0.15, 0.2) is 12.1 Å². The third kappa shape index (κ3) is 2.38. The van der Waals surface area contributed by atoms with Crippen molar-refractivity contribution in [2.24, 2.45) is 5.92 Å². The Labute approximate surface area is 112 Å². The van der Waals surface area contributed by atoms with Crippen LogP contribution in [0.3, 0.4) is 0 Å². The fourth-order valence-corrected chi connectivity index (χ4v) is 2.13. The van der Waals surface area contributed by atoms with Crippen molar-refractivity contribution in [3.63, 3.8) is 0 Å². The third-order valence-electron chi connectivity index (χ3n) is 3.35. The van der Waals surface area contributed by atoms with Crippen LogP contribution in [0.4, 0.5) is 0 Å². The monoisotopic (exact) mass is 268 g/mol. The maximum Gasteiger partial charge on any atom is 0.340 e. The Kier molecular flexibility index (Phi) is 4.42. The van der Waals surface area contributed by atoms with Gasteiger partial charge >= 0.3 is 5.97 Å². The van der Waals surface area contributed by atoms with Gasteiger partial charge in [-0.15, -0.1) is 0 Å². The van der Waals surface area contributed by atoms with Crippen molar-refractivity contribution in [3.8, 4) is 11.5 Å². The van der Waals surface area contributed by atoms with E-state index in [9.17, 15) is 15.0 Å². The minimum absolute atomic E-state index is 0.232. The second kappa shape index (κ2) is 5.48. The predicted molar refractivity (Wildman–Crippen MR) is 70.7 cm³/mol. The maximum atomic E-state index is 11.5. The summed E-state index contributed by atoms with van der Waals surface area (Å²) in [7, 11) is 2.96. The summed E-state index contributed by atoms with van der Waals surface area (Å²) in [4.78, 5) is 11.5. The molecule has 1 atom stereocenters. The molecule has 106 valence electrons. The molecule has 0 bridgehead atoms. The molecule has 0 fully saturated rings. The summed E-state index contributed by atoms with van der Waals surface area (Å²) in [5.74, 6) is -0.896. The number of aliphatic hydroxyl groups is 1. The van der Waals surface area contributed by atoms with Crippen LogP contribution < -0.4 is 9.47 Å². The van der Waals surface area contributed by atoms with Gasteiger partial charge in [0.05, 0.1) is 14.2 Å². The molecule has 1 aromatic rings. The van der Waals surface area contributed by atoms with Crippen LogP contribution in [0.5, 0.6) is 11.5 Å². The number of carboxylic acids is 1. The van der Waals surface area contributed by atoms with E-state index in [-0.39, 0.29) is 5.56 Å². The summed E-state index contributed by atoms with van der Waals surface area (Å²) in [6.07, 6.45) is 0. The molecule has 0 heterocycles. The van der Waals surface area contributed by atoms with Crippen molar-refractivity contribution in [3.05, 3.63) is 23.3 Å². The predicted octanol–water partition coefficient (Wildman–Crippen LogP) is 1.94. The van der Waals surface area contributed by atoms with Gasteiger partial charge in [-0.05, 0) is 25.0 Å². The van der Waals surface area contributed by atoms with Gasteiger partial charge in [0.15, 0.2) is 5.60 Å². The summed E-state index contributed by atoms with van der Waals surface area (Å²) < 4.78 is 10.4. The second-order valence-electron chi connectivity index (χ2n) is 4.70. The molecule has 0 aromatic heterocycles. The minimum Gasteiger partial charge on any atom is -0.496 e. The number of ether oxygens (including phenoxy) is 2. The molecule has 0 amide bonds. The van der Waals surface area contributed by atoms with Crippen molar-refractivity contribution in [1.29, 1.82) is 0 Å². The van der Waals surface area contributed by atoms with E-state index in [1.807, 2.05) is 0 Å². The molecule has 1 unspecified atom stereocenters. The molecular weight excluding hydrogens is 248 g/mol. The summed E-state index contributed by atoms with van der Waals surface area (Å²) in [6.45, 7) is 5.05. The highest BCUT2D eigenvalue weighted by Crippen LogP contribution is 2.40. The van der Waals surface area contributed by atoms with Gasteiger partial charge in [0.2, 0.25) is 0 Å². The van der Waals surface area contributed by atoms with Crippen molar-refractivity contribution in [2.75, 3.05) is 14.2 Å². The van der Waals surface area contributed by atoms with Crippen LogP contribution in [0, 0.1) is 12.8 Å². The zero-order valence-electron chi connectivity index (χ0n) is 11.9. The van der Waals surface area contributed by atoms with Gasteiger partial charge in [-0.1, -0.05) is 13.8 Å². The Bertz CT molecular complexity index is 481. The summed E-state index contributed by atoms with van der Waals surface area (Å²) in [6, 6.07) is 3.16. The molecule has 0 aliphatic heterocycles. The average molecular weight is 268 g/mol. The topological polar surface area (TPSA) is 76.0 Å². The lowest BCUT2D eigenvalue weighted by molar-refractivity contribution is -0.165. The van der Waals surface area contributed by atoms with Crippen molar-refractivity contribution in [1.82, 2.24) is 0 Å². The Hall–Kier alpha value is -1.75. The van der Waals surface area contributed by atoms with E-state index in [1.165, 1.54) is 20.3 Å². The first-order valence-electron chi connectivity index (χ1n) is 5.98. The molecule has 0 saturated heterocycles. The average Bonchev–Trinajstić information content (AvgIpc) is 2.36. The molecule has 0 aliphatic rings. The lowest BCUT2D eigenvalue weighted by Gasteiger charge is -2.30. The normalized spacial score (nSPS) is 14.1. The summed E-state index contributed by atoms with van der Waals surface area (Å²) in [5.41, 5.74) is -1.11. The molecular formula is C14H20O5. The zero-order valence-corrected chi connectivity index (χ0v) is 11.9. The quantitative estimate of drug-likeness (QED) is 0.853. The van der Waals surface area contributed by atoms with Gasteiger partial charge in [0, 0.05) is 11.1 Å². The number of hydrogen-bond donors (Lipinski definition) is 2. The van der Waals surface area contributed by atoms with Crippen LogP contribution in [0.2, 0.25) is 0 Å². The smallest absolute Gasteiger partial charge is 0.340 e. The first-order chi connectivity index (χ1) is 8.80. The highest BCUT2D eigenvalue weighted by molar-refractivity contribution is 5.81. The van der Waals surface area contributed by atoms with Gasteiger partial charge in [0.25, 0.3) is 0 Å². The van der Waals surface area contributed by atoms with Gasteiger partial charge in [-0.3, -0.25) is 0 Å². The fraction of sp³-hybridized carbons (Fsp3) is 0.500. The third-order valence-corrected chi connectivity index (χ3v) is 3.35. The standard InChI is InChI=1S/C14H20O5/c1-8(2)14(17,13(15)16)10-6-7-11(18-4)9(3)12(10)19-5/h6-8,17H,1-5H3,(H,15,16). The molecule has 1 aromatic carbocycles. The molecule has 5 heteroatoms. The second-order valence-corrected chi connectivity index (χ2v) is 4.70. The molecule has 19 heavy (non-hydrogen) atoms. The van der Waals surface area contributed by atoms with Crippen molar-refractivity contribution < 1.29 is 24.5 Å². The fourth-order valence-electron chi connectivity index (χ4n) is 2.13. The number of benzene rings is 1. The highest BCUT2D eigenvalue weighted by Gasteiger charge is 2.44. The van der Waals surface area contributed by atoms with E-state index in [1.54, 1.807) is 26.8 Å². The Balaban J connectivity index is 3.58. The highest BCUT2D eigenvalue weighted by atomic mass is 16.5. The first kappa shape index (κ1) is 15.3. The Morgan fingerprint density at radius 1 is 1.26 bits per heavy atom. The summed E-state index contributed by atoms with van der Waals surface area (Å²) >= 11 is 0.